The number of aromatic nitrogens is 3. The second-order valence-electron chi connectivity index (χ2n) is 22.5. The van der Waals surface area contributed by atoms with Crippen molar-refractivity contribution >= 4 is 56.1 Å². The molecule has 5 fully saturated rings. The largest absolute Gasteiger partial charge is 1.00 e. The third-order valence-corrected chi connectivity index (χ3v) is 18.0. The first-order valence-corrected chi connectivity index (χ1v) is 33.0. The summed E-state index contributed by atoms with van der Waals surface area (Å²) in [6.45, 7) is 0. The number of rotatable bonds is 12. The number of hydrazine groups is 2. The monoisotopic (exact) mass is 1620 g/mol. The molecule has 32 heteroatoms. The number of alkyl halides is 2. The van der Waals surface area contributed by atoms with Crippen LogP contribution in [0.3, 0.4) is 0 Å². The van der Waals surface area contributed by atoms with Gasteiger partial charge in [-0.05, 0) is 183 Å². The molecule has 0 saturated heterocycles. The van der Waals surface area contributed by atoms with Crippen LogP contribution in [0.2, 0.25) is 0 Å². The molecule has 7 aromatic rings. The summed E-state index contributed by atoms with van der Waals surface area (Å²) in [6.07, 6.45) is 10.8. The van der Waals surface area contributed by atoms with Crippen molar-refractivity contribution in [2.45, 2.75) is 144 Å². The number of hydrogen-bond acceptors (Lipinski definition) is 15. The Morgan fingerprint density at radius 3 is 1.03 bits per heavy atom. The molecule has 102 heavy (non-hydrogen) atoms. The van der Waals surface area contributed by atoms with Gasteiger partial charge >= 0.3 is 111 Å². The van der Waals surface area contributed by atoms with Gasteiger partial charge in [0.15, 0.2) is 0 Å². The second-order valence-corrected chi connectivity index (χ2v) is 24.2. The van der Waals surface area contributed by atoms with E-state index in [1.807, 2.05) is 6.07 Å². The van der Waals surface area contributed by atoms with E-state index in [9.17, 15) is 63.1 Å². The minimum atomic E-state index is -1.46. The van der Waals surface area contributed by atoms with E-state index in [4.69, 9.17) is 30.8 Å². The van der Waals surface area contributed by atoms with Gasteiger partial charge in [-0.1, -0.05) is 138 Å². The molecule has 5 aliphatic rings. The van der Waals surface area contributed by atoms with Gasteiger partial charge in [-0.2, -0.15) is 43.0 Å². The van der Waals surface area contributed by atoms with Gasteiger partial charge in [0.2, 0.25) is 5.91 Å². The van der Waals surface area contributed by atoms with Gasteiger partial charge in [0.1, 0.15) is 41.2 Å². The Bertz CT molecular complexity index is 3540. The van der Waals surface area contributed by atoms with Crippen LogP contribution in [-0.4, -0.2) is 60.4 Å². The van der Waals surface area contributed by atoms with Gasteiger partial charge in [0.25, 0.3) is 0 Å². The summed E-state index contributed by atoms with van der Waals surface area (Å²) >= 11 is 6.14. The summed E-state index contributed by atoms with van der Waals surface area (Å²) in [6, 6.07) is 38.8. The van der Waals surface area contributed by atoms with E-state index in [0.29, 0.717) is 37.7 Å². The minimum absolute atomic E-state index is 0. The zero-order chi connectivity index (χ0) is 73.0. The number of benzene rings is 6. The normalized spacial score (nSPS) is 15.0. The number of carboxylic acid groups (broad SMARTS) is 1. The van der Waals surface area contributed by atoms with E-state index in [2.05, 4.69) is 70.0 Å². The Hall–Kier alpha value is -5.46. The van der Waals surface area contributed by atoms with Crippen molar-refractivity contribution < 1.29 is 175 Å². The maximum absolute atomic E-state index is 12.9. The van der Waals surface area contributed by atoms with E-state index in [-0.39, 0.29) is 145 Å². The molecule has 542 valence electrons. The van der Waals surface area contributed by atoms with Crippen molar-refractivity contribution in [1.82, 2.24) is 20.4 Å². The average Bonchev–Trinajstić information content (AvgIpc) is 0.787. The summed E-state index contributed by atoms with van der Waals surface area (Å²) < 4.78 is 140. The number of nitriles is 2. The zero-order valence-electron chi connectivity index (χ0n) is 55.1. The summed E-state index contributed by atoms with van der Waals surface area (Å²) in [5.74, 6) is 10.5. The minimum Gasteiger partial charge on any atom is -0.870 e. The zero-order valence-corrected chi connectivity index (χ0v) is 64.1. The SMILES string of the molecule is BrCCCBr.C.Fc1nc(F)nc(F)n1.N#CC1(c2ccc(F)cc2)CCC1.N#CCc1ccc(F)cc1.NN.NNC(=O)C1(c2ccc(F)cc2)CCC1.O=C(F)C1(c2ccc(F)cc2)CCC1.O=C(O)C1(c2ccc(F)cc2)CCC1.O=CC1(c2ccc(F)cc2)CCC1.[K+].[Na+].[O-][Cl+][O-].[OH-]. The fourth-order valence-corrected chi connectivity index (χ4v) is 11.8. The third-order valence-electron chi connectivity index (χ3n) is 16.9. The van der Waals surface area contributed by atoms with Gasteiger partial charge < -0.3 is 24.7 Å². The smallest absolute Gasteiger partial charge is 0.870 e. The summed E-state index contributed by atoms with van der Waals surface area (Å²) in [4.78, 5) is 51.9. The molecule has 0 radical (unpaired) electrons. The van der Waals surface area contributed by atoms with Crippen LogP contribution < -0.4 is 113 Å². The van der Waals surface area contributed by atoms with Crippen LogP contribution in [0.1, 0.15) is 144 Å². The second kappa shape index (κ2) is 50.9. The van der Waals surface area contributed by atoms with Crippen LogP contribution in [0.4, 0.5) is 43.9 Å². The summed E-state index contributed by atoms with van der Waals surface area (Å²) in [7, 11) is 0. The Kier molecular flexibility index (Phi) is 49.2. The molecule has 0 aliphatic heterocycles. The van der Waals surface area contributed by atoms with Gasteiger partial charge in [0, 0.05) is 10.7 Å². The summed E-state index contributed by atoms with van der Waals surface area (Å²) in [5, 5.41) is 28.6. The van der Waals surface area contributed by atoms with Crippen LogP contribution in [0.5, 0.6) is 0 Å². The molecule has 17 nitrogen and oxygen atoms in total. The number of nitrogens with one attached hydrogen (secondary N) is 1. The molecule has 0 bridgehead atoms. The Morgan fingerprint density at radius 2 is 0.814 bits per heavy atom. The van der Waals surface area contributed by atoms with E-state index in [1.54, 1.807) is 60.7 Å². The molecular weight excluding hydrogens is 1540 g/mol. The molecular formula is C70H76Br2ClF10KN9NaO8. The van der Waals surface area contributed by atoms with Crippen LogP contribution in [0.25, 0.3) is 0 Å². The Morgan fingerprint density at radius 1 is 0.529 bits per heavy atom. The van der Waals surface area contributed by atoms with E-state index >= 15 is 0 Å². The number of hydrogen-bond donors (Lipinski definition) is 5. The maximum atomic E-state index is 12.9. The fraction of sp³-hybridized carbons (Fsp3) is 0.357. The fourth-order valence-electron chi connectivity index (χ4n) is 10.5. The van der Waals surface area contributed by atoms with Crippen molar-refractivity contribution in [2.24, 2.45) is 17.5 Å². The number of aliphatic carboxylic acids is 1. The van der Waals surface area contributed by atoms with Crippen LogP contribution >= 0.6 is 31.9 Å². The number of carbonyl (C=O) groups excluding carboxylic acids is 3. The Balaban J connectivity index is 0. The van der Waals surface area contributed by atoms with Crippen LogP contribution in [0, 0.1) is 87.1 Å². The molecule has 0 atom stereocenters. The van der Waals surface area contributed by atoms with Gasteiger partial charge in [-0.15, -0.1) is 0 Å². The van der Waals surface area contributed by atoms with Gasteiger partial charge in [-0.3, -0.25) is 31.5 Å². The maximum Gasteiger partial charge on any atom is 1.00 e. The first kappa shape index (κ1) is 98.6. The summed E-state index contributed by atoms with van der Waals surface area (Å²) in [5.41, 5.74) is 4.27. The number of carbonyl (C=O) groups is 4. The first-order valence-electron chi connectivity index (χ1n) is 30.2. The number of nitrogens with zero attached hydrogens (tertiary/aromatic N) is 5. The molecule has 5 aliphatic carbocycles. The Labute approximate surface area is 671 Å². The van der Waals surface area contributed by atoms with Crippen LogP contribution in [0.15, 0.2) is 146 Å². The van der Waals surface area contributed by atoms with Crippen LogP contribution in [-0.2, 0) is 52.7 Å². The molecule has 9 N–H and O–H groups in total. The third kappa shape index (κ3) is 29.5. The number of halogens is 13. The van der Waals surface area contributed by atoms with E-state index < -0.39 is 57.8 Å². The molecule has 5 saturated carbocycles. The number of carboxylic acids is 1. The number of nitrogens with two attached hydrogens (primary N) is 3. The van der Waals surface area contributed by atoms with Crippen molar-refractivity contribution in [1.29, 1.82) is 10.5 Å². The molecule has 1 heterocycles. The molecule has 1 amide bonds. The topological polar surface area (TPSA) is 341 Å². The number of aldehydes is 1. The van der Waals surface area contributed by atoms with Crippen molar-refractivity contribution in [3.63, 3.8) is 0 Å². The van der Waals surface area contributed by atoms with Gasteiger partial charge in [-0.25, -0.2) is 32.2 Å². The van der Waals surface area contributed by atoms with E-state index in [1.165, 1.54) is 91.3 Å². The predicted molar refractivity (Wildman–Crippen MR) is 352 cm³/mol. The quantitative estimate of drug-likeness (QED) is 0.0123. The molecule has 1 aromatic heterocycles. The first-order chi connectivity index (χ1) is 46.9. The van der Waals surface area contributed by atoms with Crippen molar-refractivity contribution in [2.75, 3.05) is 10.7 Å². The van der Waals surface area contributed by atoms with Crippen molar-refractivity contribution in [3.05, 3.63) is 232 Å². The standard InChI is InChI=1S/C11H10F2O.C11H13FN2O.C11H10FN.C11H11FO2.C11H11FO.C8H6FN.C3H6Br2.C3F3N3.CH4.ClO2.K.H4N2.Na.H2O/c12-9-4-2-8(3-5-9)11(10(13)14)6-1-7-11;12-9-4-2-8(3-5-9)11(6-1-7-11)10(15)14-13;12-10-4-2-9(3-5-10)11(8-13)6-1-7-11;12-9-4-2-8(3-5-9)11(10(13)14)6-1-7-11;12-10-4-2-9(3-5-10)11(8-13)6-1-7-11;9-8-3-1-7(2-4-8)5-6-10;4-2-1-3-5;4-1-7-2(5)9-3(6)8-1;;2-1-3;;1-2;;/h2-5H,1,6-7H2;2-5H,1,6-7,13H2,(H,14,15);2-5H,1,6-7H2;2-5H,1,6-7H2,(H,13,14);2-5,8H,1,6-7H2;1-4H,5H2;1-3H2;;1H4;;;1-2H2;;1H2/q;;;;;;;;;-1;+1;;+1;/p-1. The number of amides is 1. The average molecular weight is 1620 g/mol. The predicted octanol–water partition coefficient (Wildman–Crippen LogP) is 6.79. The van der Waals surface area contributed by atoms with E-state index in [0.717, 1.165) is 115 Å². The molecule has 12 rings (SSSR count). The molecule has 0 unspecified atom stereocenters. The molecule has 6 aromatic carbocycles. The van der Waals surface area contributed by atoms with Gasteiger partial charge in [0.05, 0.1) is 57.0 Å². The van der Waals surface area contributed by atoms with Crippen molar-refractivity contribution in [3.8, 4) is 12.1 Å². The molecule has 0 spiro atoms.